The number of tetrazole rings is 1. The highest BCUT2D eigenvalue weighted by molar-refractivity contribution is 7.99. The molecule has 33 heavy (non-hydrogen) atoms. The van der Waals surface area contributed by atoms with Crippen LogP contribution >= 0.6 is 35.5 Å². The van der Waals surface area contributed by atoms with E-state index in [-0.39, 0.29) is 12.4 Å². The van der Waals surface area contributed by atoms with Gasteiger partial charge < -0.3 is 14.8 Å². The Labute approximate surface area is 207 Å². The molecule has 0 amide bonds. The van der Waals surface area contributed by atoms with E-state index in [1.807, 2.05) is 55.5 Å². The zero-order chi connectivity index (χ0) is 22.0. The van der Waals surface area contributed by atoms with Gasteiger partial charge in [-0.15, -0.1) is 28.8 Å². The van der Waals surface area contributed by atoms with E-state index in [2.05, 4.69) is 38.4 Å². The molecule has 2 aromatic heterocycles. The van der Waals surface area contributed by atoms with Crippen LogP contribution in [0.3, 0.4) is 0 Å². The monoisotopic (exact) mass is 503 g/mol. The van der Waals surface area contributed by atoms with Gasteiger partial charge in [0.1, 0.15) is 6.61 Å². The Morgan fingerprint density at radius 1 is 1.03 bits per heavy atom. The van der Waals surface area contributed by atoms with Gasteiger partial charge in [-0.05, 0) is 58.6 Å². The van der Waals surface area contributed by atoms with Crippen LogP contribution in [-0.2, 0) is 13.2 Å². The minimum atomic E-state index is 0. The molecule has 0 unspecified atom stereocenters. The summed E-state index contributed by atoms with van der Waals surface area (Å²) in [6.45, 7) is 4.70. The van der Waals surface area contributed by atoms with Gasteiger partial charge in [0, 0.05) is 23.7 Å². The van der Waals surface area contributed by atoms with Crippen molar-refractivity contribution in [1.29, 1.82) is 0 Å². The summed E-state index contributed by atoms with van der Waals surface area (Å²) in [6, 6.07) is 20.1. The lowest BCUT2D eigenvalue weighted by molar-refractivity contribution is 0.271. The van der Waals surface area contributed by atoms with Crippen molar-refractivity contribution < 1.29 is 9.47 Å². The molecular weight excluding hydrogens is 478 g/mol. The number of para-hydroxylation sites is 1. The summed E-state index contributed by atoms with van der Waals surface area (Å²) in [5.74, 6) is 2.40. The number of nitrogens with zero attached hydrogens (tertiary/aromatic N) is 4. The highest BCUT2D eigenvalue weighted by Gasteiger charge is 2.09. The molecule has 0 saturated heterocycles. The van der Waals surface area contributed by atoms with E-state index in [0.29, 0.717) is 13.2 Å². The number of nitrogens with one attached hydrogen (secondary N) is 1. The van der Waals surface area contributed by atoms with Crippen LogP contribution < -0.4 is 14.8 Å². The summed E-state index contributed by atoms with van der Waals surface area (Å²) in [5.41, 5.74) is 2.11. The number of rotatable bonds is 12. The third-order valence-corrected chi connectivity index (χ3v) is 6.31. The number of hydrogen-bond acceptors (Lipinski definition) is 8. The summed E-state index contributed by atoms with van der Waals surface area (Å²) in [4.78, 5) is 1.19. The lowest BCUT2D eigenvalue weighted by Gasteiger charge is -2.13. The first-order chi connectivity index (χ1) is 15.8. The van der Waals surface area contributed by atoms with Crippen LogP contribution in [0.25, 0.3) is 5.69 Å². The van der Waals surface area contributed by atoms with Gasteiger partial charge in [-0.3, -0.25) is 0 Å². The van der Waals surface area contributed by atoms with Crippen molar-refractivity contribution in [3.05, 3.63) is 76.5 Å². The fraction of sp³-hybridized carbons (Fsp3) is 0.261. The van der Waals surface area contributed by atoms with E-state index in [9.17, 15) is 0 Å². The molecule has 174 valence electrons. The maximum Gasteiger partial charge on any atom is 0.214 e. The Kier molecular flexibility index (Phi) is 10.0. The van der Waals surface area contributed by atoms with E-state index in [0.717, 1.165) is 46.7 Å². The molecule has 4 aromatic rings. The van der Waals surface area contributed by atoms with Gasteiger partial charge in [-0.25, -0.2) is 0 Å². The number of thiophene rings is 1. The SMILES string of the molecule is CCOc1cc(CNCCSc2nnnn2-c2ccccc2)ccc1OCc1cccs1.Cl. The first-order valence-corrected chi connectivity index (χ1v) is 12.3. The Bertz CT molecular complexity index is 1090. The average Bonchev–Trinajstić information content (AvgIpc) is 3.51. The number of ether oxygens (including phenoxy) is 2. The Balaban J connectivity index is 0.00000306. The van der Waals surface area contributed by atoms with E-state index in [4.69, 9.17) is 9.47 Å². The summed E-state index contributed by atoms with van der Waals surface area (Å²) in [5, 5.41) is 18.3. The van der Waals surface area contributed by atoms with E-state index in [1.54, 1.807) is 27.8 Å². The average molecular weight is 504 g/mol. The fourth-order valence-electron chi connectivity index (χ4n) is 3.04. The highest BCUT2D eigenvalue weighted by atomic mass is 35.5. The van der Waals surface area contributed by atoms with Crippen LogP contribution in [0.5, 0.6) is 11.5 Å². The van der Waals surface area contributed by atoms with Crippen molar-refractivity contribution in [2.45, 2.75) is 25.2 Å². The van der Waals surface area contributed by atoms with E-state index >= 15 is 0 Å². The van der Waals surface area contributed by atoms with Gasteiger partial charge in [-0.1, -0.05) is 42.1 Å². The summed E-state index contributed by atoms with van der Waals surface area (Å²) < 4.78 is 13.5. The second kappa shape index (κ2) is 13.2. The highest BCUT2D eigenvalue weighted by Crippen LogP contribution is 2.29. The smallest absolute Gasteiger partial charge is 0.214 e. The predicted octanol–water partition coefficient (Wildman–Crippen LogP) is 5.01. The fourth-order valence-corrected chi connectivity index (χ4v) is 4.44. The molecule has 10 heteroatoms. The van der Waals surface area contributed by atoms with Crippen LogP contribution in [0.4, 0.5) is 0 Å². The minimum absolute atomic E-state index is 0. The molecule has 0 bridgehead atoms. The Hall–Kier alpha value is -2.59. The molecule has 0 radical (unpaired) electrons. The van der Waals surface area contributed by atoms with Crippen molar-refractivity contribution >= 4 is 35.5 Å². The van der Waals surface area contributed by atoms with Gasteiger partial charge in [0.15, 0.2) is 11.5 Å². The van der Waals surface area contributed by atoms with Crippen molar-refractivity contribution in [3.63, 3.8) is 0 Å². The van der Waals surface area contributed by atoms with Crippen molar-refractivity contribution in [2.24, 2.45) is 0 Å². The van der Waals surface area contributed by atoms with Gasteiger partial charge in [0.2, 0.25) is 5.16 Å². The van der Waals surface area contributed by atoms with Crippen molar-refractivity contribution in [3.8, 4) is 17.2 Å². The molecule has 0 fully saturated rings. The maximum atomic E-state index is 5.96. The van der Waals surface area contributed by atoms with Crippen LogP contribution in [0.1, 0.15) is 17.4 Å². The summed E-state index contributed by atoms with van der Waals surface area (Å²) in [7, 11) is 0. The molecule has 2 aromatic carbocycles. The first-order valence-electron chi connectivity index (χ1n) is 10.4. The first kappa shape index (κ1) is 25.0. The third kappa shape index (κ3) is 7.20. The molecule has 7 nitrogen and oxygen atoms in total. The number of halogens is 1. The number of hydrogen-bond donors (Lipinski definition) is 1. The van der Waals surface area contributed by atoms with Gasteiger partial charge in [-0.2, -0.15) is 4.68 Å². The summed E-state index contributed by atoms with van der Waals surface area (Å²) >= 11 is 3.31. The third-order valence-electron chi connectivity index (χ3n) is 4.54. The zero-order valence-electron chi connectivity index (χ0n) is 18.2. The molecule has 0 saturated carbocycles. The molecule has 0 atom stereocenters. The Morgan fingerprint density at radius 2 is 1.91 bits per heavy atom. The normalized spacial score (nSPS) is 10.6. The quantitative estimate of drug-likeness (QED) is 0.215. The lowest BCUT2D eigenvalue weighted by Crippen LogP contribution is -2.17. The van der Waals surface area contributed by atoms with Gasteiger partial charge in [0.25, 0.3) is 0 Å². The Morgan fingerprint density at radius 3 is 2.70 bits per heavy atom. The number of thioether (sulfide) groups is 1. The van der Waals surface area contributed by atoms with Crippen LogP contribution in [0.2, 0.25) is 0 Å². The van der Waals surface area contributed by atoms with Crippen LogP contribution in [-0.4, -0.2) is 39.1 Å². The molecule has 2 heterocycles. The van der Waals surface area contributed by atoms with Gasteiger partial charge >= 0.3 is 0 Å². The molecule has 4 rings (SSSR count). The predicted molar refractivity (Wildman–Crippen MR) is 135 cm³/mol. The molecule has 0 spiro atoms. The van der Waals surface area contributed by atoms with Crippen LogP contribution in [0.15, 0.2) is 71.2 Å². The second-order valence-corrected chi connectivity index (χ2v) is 8.91. The zero-order valence-corrected chi connectivity index (χ0v) is 20.7. The maximum absolute atomic E-state index is 5.96. The van der Waals surface area contributed by atoms with Crippen molar-refractivity contribution in [1.82, 2.24) is 25.5 Å². The molecule has 0 aliphatic heterocycles. The lowest BCUT2D eigenvalue weighted by atomic mass is 10.2. The van der Waals surface area contributed by atoms with E-state index < -0.39 is 0 Å². The molecule has 0 aliphatic carbocycles. The minimum Gasteiger partial charge on any atom is -0.490 e. The molecule has 1 N–H and O–H groups in total. The number of aromatic nitrogens is 4. The van der Waals surface area contributed by atoms with Crippen molar-refractivity contribution in [2.75, 3.05) is 18.9 Å². The largest absolute Gasteiger partial charge is 0.490 e. The molecular formula is C23H26ClN5O2S2. The van der Waals surface area contributed by atoms with E-state index in [1.165, 1.54) is 4.88 Å². The standard InChI is InChI=1S/C23H25N5O2S2.ClH/c1-2-29-22-15-18(10-11-21(22)30-17-20-9-6-13-31-20)16-24-12-14-32-23-25-26-27-28(23)19-7-4-3-5-8-19;/h3-11,13,15,24H,2,12,14,16-17H2,1H3;1H. The second-order valence-electron chi connectivity index (χ2n) is 6.82. The van der Waals surface area contributed by atoms with Gasteiger partial charge in [0.05, 0.1) is 12.3 Å². The summed E-state index contributed by atoms with van der Waals surface area (Å²) in [6.07, 6.45) is 0. The molecule has 0 aliphatic rings. The number of benzene rings is 2. The van der Waals surface area contributed by atoms with Crippen LogP contribution in [0, 0.1) is 0 Å². The topological polar surface area (TPSA) is 74.1 Å².